The minimum absolute atomic E-state index is 0.837. The van der Waals surface area contributed by atoms with E-state index in [-0.39, 0.29) is 0 Å². The van der Waals surface area contributed by atoms with Gasteiger partial charge in [0.05, 0.1) is 0 Å². The lowest BCUT2D eigenvalue weighted by Crippen LogP contribution is -1.96. The Kier molecular flexibility index (Phi) is 3.34. The largest absolute Gasteiger partial charge is 0.0657 e. The van der Waals surface area contributed by atoms with Crippen LogP contribution in [0.15, 0.2) is 0 Å². The van der Waals surface area contributed by atoms with Crippen LogP contribution in [0.1, 0.15) is 39.0 Å². The maximum absolute atomic E-state index is 2.31. The van der Waals surface area contributed by atoms with Crippen LogP contribution in [0.3, 0.4) is 0 Å². The molecule has 0 aromatic carbocycles. The van der Waals surface area contributed by atoms with Gasteiger partial charge < -0.3 is 0 Å². The van der Waals surface area contributed by atoms with E-state index < -0.39 is 0 Å². The molecule has 1 heteroatoms. The highest BCUT2D eigenvalue weighted by atomic mass is 28.2. The molecule has 0 N–H and O–H groups in total. The van der Waals surface area contributed by atoms with E-state index in [1.54, 1.807) is 18.9 Å². The lowest BCUT2D eigenvalue weighted by molar-refractivity contribution is 0.855. The van der Waals surface area contributed by atoms with Crippen molar-refractivity contribution in [1.82, 2.24) is 0 Å². The molecule has 0 heterocycles. The molecule has 0 spiro atoms. The number of hydrogen-bond acceptors (Lipinski definition) is 0. The zero-order valence-corrected chi connectivity index (χ0v) is 7.55. The summed E-state index contributed by atoms with van der Waals surface area (Å²) in [5, 5.41) is 0. The molecule has 1 fully saturated rings. The van der Waals surface area contributed by atoms with Crippen LogP contribution in [-0.2, 0) is 0 Å². The predicted molar refractivity (Wildman–Crippen MR) is 44.5 cm³/mol. The fraction of sp³-hybridized carbons (Fsp3) is 1.00. The fourth-order valence-electron chi connectivity index (χ4n) is 1.60. The van der Waals surface area contributed by atoms with Crippen molar-refractivity contribution in [1.29, 1.82) is 0 Å². The van der Waals surface area contributed by atoms with Crippen molar-refractivity contribution in [3.05, 3.63) is 0 Å². The van der Waals surface area contributed by atoms with E-state index in [2.05, 4.69) is 6.92 Å². The average Bonchev–Trinajstić information content (AvgIpc) is 2.34. The van der Waals surface area contributed by atoms with Crippen LogP contribution < -0.4 is 0 Å². The Morgan fingerprint density at radius 3 is 2.56 bits per heavy atom. The second kappa shape index (κ2) is 4.10. The van der Waals surface area contributed by atoms with Gasteiger partial charge in [-0.3, -0.25) is 0 Å². The van der Waals surface area contributed by atoms with Gasteiger partial charge in [0.2, 0.25) is 0 Å². The van der Waals surface area contributed by atoms with Gasteiger partial charge in [0.25, 0.3) is 0 Å². The van der Waals surface area contributed by atoms with Gasteiger partial charge in [0, 0.05) is 9.52 Å². The highest BCUT2D eigenvalue weighted by molar-refractivity contribution is 6.37. The predicted octanol–water partition coefficient (Wildman–Crippen LogP) is 2.61. The maximum atomic E-state index is 2.31. The second-order valence-electron chi connectivity index (χ2n) is 3.07. The van der Waals surface area contributed by atoms with E-state index in [1.807, 2.05) is 0 Å². The van der Waals surface area contributed by atoms with E-state index >= 15 is 0 Å². The Labute approximate surface area is 60.9 Å². The maximum Gasteiger partial charge on any atom is 0.0314 e. The summed E-state index contributed by atoms with van der Waals surface area (Å²) < 4.78 is 0. The summed E-state index contributed by atoms with van der Waals surface area (Å²) in [6, 6.07) is 1.55. The van der Waals surface area contributed by atoms with Crippen LogP contribution in [0.2, 0.25) is 11.6 Å². The first-order valence-corrected chi connectivity index (χ1v) is 5.75. The third-order valence-corrected chi connectivity index (χ3v) is 4.43. The highest BCUT2D eigenvalue weighted by Crippen LogP contribution is 2.29. The molecule has 0 aliphatic heterocycles. The summed E-state index contributed by atoms with van der Waals surface area (Å²) in [5.41, 5.74) is 1.20. The van der Waals surface area contributed by atoms with Crippen LogP contribution in [0.25, 0.3) is 0 Å². The van der Waals surface area contributed by atoms with Gasteiger partial charge in [-0.2, -0.15) is 0 Å². The molecular weight excluding hydrogens is 124 g/mol. The Bertz CT molecular complexity index is 65.0. The normalized spacial score (nSPS) is 21.0. The zero-order valence-electron chi connectivity index (χ0n) is 6.40. The van der Waals surface area contributed by atoms with Gasteiger partial charge >= 0.3 is 0 Å². The Hall–Kier alpha value is 0.217. The summed E-state index contributed by atoms with van der Waals surface area (Å²) in [4.78, 5) is 0. The minimum Gasteiger partial charge on any atom is -0.0657 e. The van der Waals surface area contributed by atoms with Crippen molar-refractivity contribution >= 4 is 9.52 Å². The van der Waals surface area contributed by atoms with Crippen LogP contribution in [-0.4, -0.2) is 9.52 Å². The standard InChI is InChI=1S/C8H17Si/c1-2-7-9-8-5-3-4-6-8/h8-9H,2-7H2,1H3. The summed E-state index contributed by atoms with van der Waals surface area (Å²) in [7, 11) is 0.837. The number of hydrogen-bond donors (Lipinski definition) is 0. The lowest BCUT2D eigenvalue weighted by atomic mass is 10.4. The Balaban J connectivity index is 1.98. The minimum atomic E-state index is 0.837. The van der Waals surface area contributed by atoms with Crippen LogP contribution in [0.5, 0.6) is 0 Å². The molecule has 0 amide bonds. The summed E-state index contributed by atoms with van der Waals surface area (Å²) in [5.74, 6) is 0. The smallest absolute Gasteiger partial charge is 0.0314 e. The van der Waals surface area contributed by atoms with Gasteiger partial charge in [-0.25, -0.2) is 0 Å². The van der Waals surface area contributed by atoms with Crippen molar-refractivity contribution in [3.63, 3.8) is 0 Å². The average molecular weight is 141 g/mol. The molecule has 1 aliphatic rings. The molecule has 53 valence electrons. The Morgan fingerprint density at radius 1 is 1.33 bits per heavy atom. The van der Waals surface area contributed by atoms with Crippen molar-refractivity contribution in [3.8, 4) is 0 Å². The molecular formula is C8H17Si. The highest BCUT2D eigenvalue weighted by Gasteiger charge is 2.13. The summed E-state index contributed by atoms with van der Waals surface area (Å²) >= 11 is 0. The van der Waals surface area contributed by atoms with Gasteiger partial charge in [0.1, 0.15) is 0 Å². The van der Waals surface area contributed by atoms with Crippen molar-refractivity contribution < 1.29 is 0 Å². The van der Waals surface area contributed by atoms with Crippen molar-refractivity contribution in [2.75, 3.05) is 0 Å². The lowest BCUT2D eigenvalue weighted by Gasteiger charge is -2.04. The van der Waals surface area contributed by atoms with Gasteiger partial charge in [-0.1, -0.05) is 50.6 Å². The van der Waals surface area contributed by atoms with Crippen molar-refractivity contribution in [2.45, 2.75) is 50.6 Å². The quantitative estimate of drug-likeness (QED) is 0.530. The molecule has 1 rings (SSSR count). The third kappa shape index (κ3) is 2.52. The first-order chi connectivity index (χ1) is 4.43. The third-order valence-electron chi connectivity index (χ3n) is 2.19. The summed E-state index contributed by atoms with van der Waals surface area (Å²) in [6.45, 7) is 2.31. The molecule has 0 nitrogen and oxygen atoms in total. The zero-order chi connectivity index (χ0) is 6.53. The molecule has 1 aliphatic carbocycles. The van der Waals surface area contributed by atoms with E-state index in [0.717, 1.165) is 9.52 Å². The molecule has 0 saturated heterocycles. The fourth-order valence-corrected chi connectivity index (χ4v) is 3.34. The number of rotatable bonds is 3. The van der Waals surface area contributed by atoms with Gasteiger partial charge in [-0.05, 0) is 0 Å². The molecule has 0 bridgehead atoms. The van der Waals surface area contributed by atoms with E-state index in [1.165, 1.54) is 24.8 Å². The topological polar surface area (TPSA) is 0 Å². The first kappa shape index (κ1) is 7.33. The van der Waals surface area contributed by atoms with Crippen LogP contribution in [0, 0.1) is 0 Å². The van der Waals surface area contributed by atoms with Gasteiger partial charge in [-0.15, -0.1) is 0 Å². The van der Waals surface area contributed by atoms with E-state index in [4.69, 9.17) is 0 Å². The molecule has 0 atom stereocenters. The molecule has 1 radical (unpaired) electrons. The monoisotopic (exact) mass is 141 g/mol. The molecule has 1 saturated carbocycles. The second-order valence-corrected chi connectivity index (χ2v) is 5.06. The Morgan fingerprint density at radius 2 is 2.00 bits per heavy atom. The molecule has 0 aromatic rings. The van der Waals surface area contributed by atoms with E-state index in [9.17, 15) is 0 Å². The molecule has 0 unspecified atom stereocenters. The van der Waals surface area contributed by atoms with Crippen LogP contribution >= 0.6 is 0 Å². The first-order valence-electron chi connectivity index (χ1n) is 4.27. The molecule has 9 heavy (non-hydrogen) atoms. The van der Waals surface area contributed by atoms with E-state index in [0.29, 0.717) is 0 Å². The van der Waals surface area contributed by atoms with Crippen LogP contribution in [0.4, 0.5) is 0 Å². The SMILES string of the molecule is CCC[SiH]C1CCCC1. The summed E-state index contributed by atoms with van der Waals surface area (Å²) in [6.07, 6.45) is 7.61. The van der Waals surface area contributed by atoms with Crippen molar-refractivity contribution in [2.24, 2.45) is 0 Å². The molecule has 0 aromatic heterocycles. The van der Waals surface area contributed by atoms with Gasteiger partial charge in [0.15, 0.2) is 0 Å².